The molecule has 1 aromatic carbocycles. The van der Waals surface area contributed by atoms with Crippen molar-refractivity contribution in [1.82, 2.24) is 14.9 Å². The van der Waals surface area contributed by atoms with Crippen LogP contribution >= 0.6 is 0 Å². The quantitative estimate of drug-likeness (QED) is 0.803. The third kappa shape index (κ3) is 5.21. The minimum atomic E-state index is -0.0801. The van der Waals surface area contributed by atoms with E-state index >= 15 is 0 Å². The molecule has 0 atom stereocenters. The number of carbonyl (C=O) groups excluding carboxylic acids is 1. The van der Waals surface area contributed by atoms with E-state index in [0.29, 0.717) is 6.04 Å². The average molecular weight is 396 g/mol. The van der Waals surface area contributed by atoms with E-state index in [1.807, 2.05) is 30.3 Å². The van der Waals surface area contributed by atoms with Crippen LogP contribution in [0.4, 0.5) is 23.1 Å². The van der Waals surface area contributed by atoms with Crippen LogP contribution in [-0.4, -0.2) is 66.2 Å². The lowest BCUT2D eigenvalue weighted by Gasteiger charge is -2.40. The van der Waals surface area contributed by atoms with Crippen molar-refractivity contribution in [3.63, 3.8) is 0 Å². The van der Waals surface area contributed by atoms with Crippen molar-refractivity contribution in [2.24, 2.45) is 0 Å². The lowest BCUT2D eigenvalue weighted by Crippen LogP contribution is -2.49. The first-order chi connectivity index (χ1) is 14.2. The first-order valence-electron chi connectivity index (χ1n) is 10.2. The molecular weight excluding hydrogens is 368 g/mol. The van der Waals surface area contributed by atoms with E-state index < -0.39 is 0 Å². The van der Waals surface area contributed by atoms with Gasteiger partial charge in [-0.05, 0) is 43.2 Å². The molecule has 1 aromatic heterocycles. The smallest absolute Gasteiger partial charge is 0.227 e. The maximum atomic E-state index is 11.1. The van der Waals surface area contributed by atoms with E-state index in [0.717, 1.165) is 75.4 Å². The summed E-state index contributed by atoms with van der Waals surface area (Å²) in [5, 5.41) is 6.08. The number of aromatic nitrogens is 2. The van der Waals surface area contributed by atoms with Gasteiger partial charge in [0, 0.05) is 56.7 Å². The van der Waals surface area contributed by atoms with Gasteiger partial charge in [0.25, 0.3) is 0 Å². The fourth-order valence-electron chi connectivity index (χ4n) is 3.93. The Hall–Kier alpha value is -2.71. The first kappa shape index (κ1) is 19.6. The van der Waals surface area contributed by atoms with Crippen molar-refractivity contribution in [3.05, 3.63) is 36.5 Å². The average Bonchev–Trinajstić information content (AvgIpc) is 2.76. The number of anilines is 4. The molecule has 154 valence electrons. The minimum Gasteiger partial charge on any atom is -0.379 e. The number of hydrogen-bond donors (Lipinski definition) is 2. The molecular formula is C21H28N6O2. The molecule has 2 aliphatic rings. The summed E-state index contributed by atoms with van der Waals surface area (Å²) < 4.78 is 5.47. The van der Waals surface area contributed by atoms with E-state index in [-0.39, 0.29) is 5.91 Å². The number of carbonyl (C=O) groups is 1. The third-order valence-corrected chi connectivity index (χ3v) is 5.43. The Kier molecular flexibility index (Phi) is 6.21. The number of rotatable bonds is 5. The van der Waals surface area contributed by atoms with Crippen molar-refractivity contribution in [2.45, 2.75) is 25.8 Å². The summed E-state index contributed by atoms with van der Waals surface area (Å²) in [6, 6.07) is 10.1. The highest BCUT2D eigenvalue weighted by Gasteiger charge is 2.26. The van der Waals surface area contributed by atoms with E-state index in [1.165, 1.54) is 6.92 Å². The number of nitrogens with one attached hydrogen (secondary N) is 2. The second-order valence-corrected chi connectivity index (χ2v) is 7.49. The zero-order valence-corrected chi connectivity index (χ0v) is 16.8. The molecule has 29 heavy (non-hydrogen) atoms. The molecule has 8 nitrogen and oxygen atoms in total. The molecule has 2 N–H and O–H groups in total. The van der Waals surface area contributed by atoms with Gasteiger partial charge in [0.15, 0.2) is 0 Å². The molecule has 2 fully saturated rings. The molecule has 0 saturated carbocycles. The predicted molar refractivity (Wildman–Crippen MR) is 114 cm³/mol. The summed E-state index contributed by atoms with van der Waals surface area (Å²) in [5.74, 6) is 1.45. The van der Waals surface area contributed by atoms with E-state index in [9.17, 15) is 4.79 Å². The van der Waals surface area contributed by atoms with E-state index in [4.69, 9.17) is 9.72 Å². The highest BCUT2D eigenvalue weighted by Crippen LogP contribution is 2.23. The summed E-state index contributed by atoms with van der Waals surface area (Å²) in [7, 11) is 0. The molecule has 0 unspecified atom stereocenters. The predicted octanol–water partition coefficient (Wildman–Crippen LogP) is 2.48. The fourth-order valence-corrected chi connectivity index (χ4v) is 3.93. The van der Waals surface area contributed by atoms with Crippen LogP contribution in [-0.2, 0) is 9.53 Å². The lowest BCUT2D eigenvalue weighted by molar-refractivity contribution is -0.114. The topological polar surface area (TPSA) is 82.6 Å². The molecule has 0 radical (unpaired) electrons. The molecule has 2 aromatic rings. The Balaban J connectivity index is 1.34. The van der Waals surface area contributed by atoms with Gasteiger partial charge in [0.2, 0.25) is 11.9 Å². The molecule has 1 amide bonds. The van der Waals surface area contributed by atoms with Crippen LogP contribution in [0.1, 0.15) is 19.8 Å². The molecule has 8 heteroatoms. The summed E-state index contributed by atoms with van der Waals surface area (Å²) in [4.78, 5) is 25.1. The van der Waals surface area contributed by atoms with Crippen LogP contribution in [0.5, 0.6) is 0 Å². The van der Waals surface area contributed by atoms with Gasteiger partial charge in [-0.15, -0.1) is 0 Å². The number of piperidine rings is 1. The van der Waals surface area contributed by atoms with Crippen molar-refractivity contribution < 1.29 is 9.53 Å². The maximum Gasteiger partial charge on any atom is 0.227 e. The largest absolute Gasteiger partial charge is 0.379 e. The summed E-state index contributed by atoms with van der Waals surface area (Å²) >= 11 is 0. The Bertz CT molecular complexity index is 814. The van der Waals surface area contributed by atoms with Gasteiger partial charge in [0.05, 0.1) is 13.2 Å². The van der Waals surface area contributed by atoms with Crippen molar-refractivity contribution in [2.75, 3.05) is 54.9 Å². The Morgan fingerprint density at radius 2 is 1.72 bits per heavy atom. The zero-order chi connectivity index (χ0) is 20.1. The highest BCUT2D eigenvalue weighted by atomic mass is 16.5. The van der Waals surface area contributed by atoms with Crippen LogP contribution in [0.2, 0.25) is 0 Å². The Labute approximate surface area is 171 Å². The third-order valence-electron chi connectivity index (χ3n) is 5.43. The molecule has 0 spiro atoms. The SMILES string of the molecule is CC(=O)Nc1ccc(Nc2ccnc(N3CCC(N4CCOCC4)CC3)n2)cc1. The zero-order valence-electron chi connectivity index (χ0n) is 16.8. The van der Waals surface area contributed by atoms with Crippen LogP contribution in [0.15, 0.2) is 36.5 Å². The maximum absolute atomic E-state index is 11.1. The summed E-state index contributed by atoms with van der Waals surface area (Å²) in [5.41, 5.74) is 1.68. The lowest BCUT2D eigenvalue weighted by atomic mass is 10.0. The van der Waals surface area contributed by atoms with Gasteiger partial charge in [-0.25, -0.2) is 4.98 Å². The molecule has 0 aliphatic carbocycles. The Morgan fingerprint density at radius 3 is 2.41 bits per heavy atom. The van der Waals surface area contributed by atoms with Gasteiger partial charge >= 0.3 is 0 Å². The molecule has 3 heterocycles. The normalized spacial score (nSPS) is 18.4. The van der Waals surface area contributed by atoms with Gasteiger partial charge in [-0.2, -0.15) is 4.98 Å². The standard InChI is InChI=1S/C21H28N6O2/c1-16(28)23-17-2-4-18(5-3-17)24-20-6-9-22-21(25-20)27-10-7-19(8-11-27)26-12-14-29-15-13-26/h2-6,9,19H,7-8,10-15H2,1H3,(H,23,28)(H,22,24,25). The van der Waals surface area contributed by atoms with Gasteiger partial charge in [-0.3, -0.25) is 9.69 Å². The number of ether oxygens (including phenoxy) is 1. The van der Waals surface area contributed by atoms with E-state index in [1.54, 1.807) is 6.20 Å². The van der Waals surface area contributed by atoms with Crippen LogP contribution in [0.25, 0.3) is 0 Å². The van der Waals surface area contributed by atoms with Crippen molar-refractivity contribution in [1.29, 1.82) is 0 Å². The number of nitrogens with zero attached hydrogens (tertiary/aromatic N) is 4. The van der Waals surface area contributed by atoms with Gasteiger partial charge in [-0.1, -0.05) is 0 Å². The number of benzene rings is 1. The number of morpholine rings is 1. The minimum absolute atomic E-state index is 0.0801. The van der Waals surface area contributed by atoms with Gasteiger partial charge < -0.3 is 20.3 Å². The van der Waals surface area contributed by atoms with Crippen molar-refractivity contribution >= 4 is 29.0 Å². The summed E-state index contributed by atoms with van der Waals surface area (Å²) in [6.07, 6.45) is 4.06. The monoisotopic (exact) mass is 396 g/mol. The molecule has 2 aliphatic heterocycles. The number of amides is 1. The van der Waals surface area contributed by atoms with Crippen LogP contribution in [0.3, 0.4) is 0 Å². The molecule has 2 saturated heterocycles. The second kappa shape index (κ2) is 9.19. The molecule has 4 rings (SSSR count). The van der Waals surface area contributed by atoms with Crippen LogP contribution in [0, 0.1) is 0 Å². The number of hydrogen-bond acceptors (Lipinski definition) is 7. The van der Waals surface area contributed by atoms with Crippen molar-refractivity contribution in [3.8, 4) is 0 Å². The Morgan fingerprint density at radius 1 is 1.03 bits per heavy atom. The molecule has 0 bridgehead atoms. The second-order valence-electron chi connectivity index (χ2n) is 7.49. The van der Waals surface area contributed by atoms with Crippen LogP contribution < -0.4 is 15.5 Å². The first-order valence-corrected chi connectivity index (χ1v) is 10.2. The highest BCUT2D eigenvalue weighted by molar-refractivity contribution is 5.88. The summed E-state index contributed by atoms with van der Waals surface area (Å²) in [6.45, 7) is 7.22. The van der Waals surface area contributed by atoms with Gasteiger partial charge in [0.1, 0.15) is 5.82 Å². The fraction of sp³-hybridized carbons (Fsp3) is 0.476. The van der Waals surface area contributed by atoms with E-state index in [2.05, 4.69) is 25.4 Å².